The first-order valence-electron chi connectivity index (χ1n) is 7.36. The van der Waals surface area contributed by atoms with Gasteiger partial charge in [0, 0.05) is 30.6 Å². The molecule has 0 aromatic carbocycles. The Morgan fingerprint density at radius 2 is 2.19 bits per heavy atom. The van der Waals surface area contributed by atoms with Crippen LogP contribution < -0.4 is 10.0 Å². The Bertz CT molecular complexity index is 565. The smallest absolute Gasteiger partial charge is 0.250 e. The summed E-state index contributed by atoms with van der Waals surface area (Å²) < 4.78 is 32.9. The molecule has 1 aliphatic carbocycles. The topological polar surface area (TPSA) is 67.4 Å². The summed E-state index contributed by atoms with van der Waals surface area (Å²) in [5.41, 5.74) is 1.03. The van der Waals surface area contributed by atoms with Crippen LogP contribution in [0, 0.1) is 6.92 Å². The van der Waals surface area contributed by atoms with E-state index in [0.29, 0.717) is 23.4 Å². The molecule has 1 atom stereocenters. The molecule has 2 N–H and O–H groups in total. The molecule has 5 nitrogen and oxygen atoms in total. The van der Waals surface area contributed by atoms with Crippen LogP contribution in [0.1, 0.15) is 37.1 Å². The van der Waals surface area contributed by atoms with E-state index in [4.69, 9.17) is 4.74 Å². The van der Waals surface area contributed by atoms with E-state index in [9.17, 15) is 8.42 Å². The SMILES string of the molecule is CCOC(C)CNS(=O)(=O)c1cc(C)c(CNC2CC2)s1. The van der Waals surface area contributed by atoms with Gasteiger partial charge in [-0.2, -0.15) is 0 Å². The molecule has 2 rings (SSSR count). The molecule has 1 aromatic rings. The molecule has 1 heterocycles. The second-order valence-corrected chi connectivity index (χ2v) is 8.58. The van der Waals surface area contributed by atoms with E-state index in [1.54, 1.807) is 6.07 Å². The fraction of sp³-hybridized carbons (Fsp3) is 0.714. The van der Waals surface area contributed by atoms with Crippen LogP contribution in [-0.4, -0.2) is 33.7 Å². The third kappa shape index (κ3) is 5.03. The van der Waals surface area contributed by atoms with Crippen molar-refractivity contribution in [2.24, 2.45) is 0 Å². The van der Waals surface area contributed by atoms with Gasteiger partial charge < -0.3 is 10.1 Å². The van der Waals surface area contributed by atoms with Crippen LogP contribution >= 0.6 is 11.3 Å². The molecule has 1 aliphatic rings. The first-order chi connectivity index (χ1) is 9.92. The largest absolute Gasteiger partial charge is 0.377 e. The number of rotatable bonds is 9. The highest BCUT2D eigenvalue weighted by Gasteiger charge is 2.23. The van der Waals surface area contributed by atoms with Crippen molar-refractivity contribution in [2.75, 3.05) is 13.2 Å². The van der Waals surface area contributed by atoms with Gasteiger partial charge in [-0.05, 0) is 45.2 Å². The van der Waals surface area contributed by atoms with Crippen molar-refractivity contribution in [3.63, 3.8) is 0 Å². The Morgan fingerprint density at radius 3 is 2.81 bits per heavy atom. The van der Waals surface area contributed by atoms with Gasteiger partial charge in [0.2, 0.25) is 10.0 Å². The summed E-state index contributed by atoms with van der Waals surface area (Å²) in [6.45, 7) is 7.35. The number of aryl methyl sites for hydroxylation is 1. The van der Waals surface area contributed by atoms with Crippen LogP contribution in [0.3, 0.4) is 0 Å². The molecule has 21 heavy (non-hydrogen) atoms. The summed E-state index contributed by atoms with van der Waals surface area (Å²) in [4.78, 5) is 1.10. The summed E-state index contributed by atoms with van der Waals surface area (Å²) in [5, 5.41) is 3.42. The van der Waals surface area contributed by atoms with Crippen molar-refractivity contribution in [3.05, 3.63) is 16.5 Å². The van der Waals surface area contributed by atoms with Gasteiger partial charge in [0.1, 0.15) is 4.21 Å². The van der Waals surface area contributed by atoms with E-state index in [0.717, 1.165) is 17.0 Å². The molecule has 0 spiro atoms. The lowest BCUT2D eigenvalue weighted by atomic mass is 10.3. The summed E-state index contributed by atoms with van der Waals surface area (Å²) in [6.07, 6.45) is 2.33. The van der Waals surface area contributed by atoms with E-state index in [2.05, 4.69) is 10.0 Å². The van der Waals surface area contributed by atoms with E-state index in [1.165, 1.54) is 24.2 Å². The minimum absolute atomic E-state index is 0.123. The molecule has 120 valence electrons. The lowest BCUT2D eigenvalue weighted by molar-refractivity contribution is 0.0800. The molecule has 0 radical (unpaired) electrons. The van der Waals surface area contributed by atoms with Crippen LogP contribution in [0.4, 0.5) is 0 Å². The Hall–Kier alpha value is -0.470. The van der Waals surface area contributed by atoms with Crippen LogP contribution in [0.5, 0.6) is 0 Å². The predicted octanol–water partition coefficient (Wildman–Crippen LogP) is 2.01. The fourth-order valence-corrected chi connectivity index (χ4v) is 4.66. The summed E-state index contributed by atoms with van der Waals surface area (Å²) in [6, 6.07) is 2.37. The Kier molecular flexibility index (Phi) is 5.79. The van der Waals surface area contributed by atoms with E-state index < -0.39 is 10.0 Å². The molecule has 0 aliphatic heterocycles. The third-order valence-corrected chi connectivity index (χ3v) is 6.54. The standard InChI is InChI=1S/C14H24N2O3S2/c1-4-19-11(3)8-16-21(17,18)14-7-10(2)13(20-14)9-15-12-5-6-12/h7,11-12,15-16H,4-6,8-9H2,1-3H3. The number of thiophene rings is 1. The van der Waals surface area contributed by atoms with Gasteiger partial charge in [-0.15, -0.1) is 11.3 Å². The van der Waals surface area contributed by atoms with Gasteiger partial charge in [0.15, 0.2) is 0 Å². The minimum atomic E-state index is -3.44. The number of sulfonamides is 1. The van der Waals surface area contributed by atoms with Crippen molar-refractivity contribution in [2.45, 2.75) is 56.5 Å². The van der Waals surface area contributed by atoms with Crippen molar-refractivity contribution < 1.29 is 13.2 Å². The number of ether oxygens (including phenoxy) is 1. The van der Waals surface area contributed by atoms with Gasteiger partial charge in [-0.25, -0.2) is 13.1 Å². The van der Waals surface area contributed by atoms with Crippen molar-refractivity contribution in [1.82, 2.24) is 10.0 Å². The normalized spacial score (nSPS) is 17.1. The van der Waals surface area contributed by atoms with Gasteiger partial charge in [0.05, 0.1) is 6.10 Å². The molecule has 1 saturated carbocycles. The van der Waals surface area contributed by atoms with E-state index >= 15 is 0 Å². The maximum absolute atomic E-state index is 12.3. The number of nitrogens with one attached hydrogen (secondary N) is 2. The molecule has 0 amide bonds. The van der Waals surface area contributed by atoms with Gasteiger partial charge in [-0.3, -0.25) is 0 Å². The fourth-order valence-electron chi connectivity index (χ4n) is 1.96. The first kappa shape index (κ1) is 16.9. The Labute approximate surface area is 131 Å². The zero-order chi connectivity index (χ0) is 15.5. The maximum Gasteiger partial charge on any atom is 0.250 e. The average Bonchev–Trinajstić information content (AvgIpc) is 3.17. The molecular weight excluding hydrogens is 308 g/mol. The molecular formula is C14H24N2O3S2. The Morgan fingerprint density at radius 1 is 1.48 bits per heavy atom. The summed E-state index contributed by atoms with van der Waals surface area (Å²) in [7, 11) is -3.44. The van der Waals surface area contributed by atoms with E-state index in [1.807, 2.05) is 20.8 Å². The van der Waals surface area contributed by atoms with Crippen molar-refractivity contribution >= 4 is 21.4 Å². The van der Waals surface area contributed by atoms with Gasteiger partial charge in [0.25, 0.3) is 0 Å². The highest BCUT2D eigenvalue weighted by molar-refractivity contribution is 7.91. The van der Waals surface area contributed by atoms with E-state index in [-0.39, 0.29) is 6.10 Å². The third-order valence-electron chi connectivity index (χ3n) is 3.40. The molecule has 1 fully saturated rings. The van der Waals surface area contributed by atoms with Gasteiger partial charge in [-0.1, -0.05) is 0 Å². The number of hydrogen-bond acceptors (Lipinski definition) is 5. The summed E-state index contributed by atoms with van der Waals surface area (Å²) >= 11 is 1.35. The van der Waals surface area contributed by atoms with Gasteiger partial charge >= 0.3 is 0 Å². The van der Waals surface area contributed by atoms with Crippen molar-refractivity contribution in [1.29, 1.82) is 0 Å². The quantitative estimate of drug-likeness (QED) is 0.726. The lowest BCUT2D eigenvalue weighted by Crippen LogP contribution is -2.31. The second-order valence-electron chi connectivity index (χ2n) is 5.44. The maximum atomic E-state index is 12.3. The highest BCUT2D eigenvalue weighted by Crippen LogP contribution is 2.27. The Balaban J connectivity index is 1.96. The highest BCUT2D eigenvalue weighted by atomic mass is 32.2. The zero-order valence-corrected chi connectivity index (χ0v) is 14.4. The molecule has 0 saturated heterocycles. The number of hydrogen-bond donors (Lipinski definition) is 2. The lowest BCUT2D eigenvalue weighted by Gasteiger charge is -2.12. The first-order valence-corrected chi connectivity index (χ1v) is 9.66. The van der Waals surface area contributed by atoms with Crippen LogP contribution in [0.25, 0.3) is 0 Å². The monoisotopic (exact) mass is 332 g/mol. The minimum Gasteiger partial charge on any atom is -0.377 e. The summed E-state index contributed by atoms with van der Waals surface area (Å²) in [5.74, 6) is 0. The molecule has 7 heteroatoms. The van der Waals surface area contributed by atoms with Crippen LogP contribution in [-0.2, 0) is 21.3 Å². The molecule has 1 unspecified atom stereocenters. The van der Waals surface area contributed by atoms with Crippen LogP contribution in [0.2, 0.25) is 0 Å². The average molecular weight is 332 g/mol. The second kappa shape index (κ2) is 7.19. The van der Waals surface area contributed by atoms with Crippen LogP contribution in [0.15, 0.2) is 10.3 Å². The zero-order valence-electron chi connectivity index (χ0n) is 12.8. The van der Waals surface area contributed by atoms with Crippen molar-refractivity contribution in [3.8, 4) is 0 Å². The predicted molar refractivity (Wildman–Crippen MR) is 85.2 cm³/mol. The molecule has 0 bridgehead atoms. The molecule has 1 aromatic heterocycles.